The standard InChI is InChI=1S/C21H25N3O4/c1-7-8-23-12(2)9-16(14(23)4)18(25)11-24-19(26)21(6,22-20(24)27)17-10-13(3)28-15(17)5/h7,9-10H,1,8,11H2,2-6H3,(H,22,27)/t21-/m0/s1. The van der Waals surface area contributed by atoms with Crippen LogP contribution in [0.4, 0.5) is 4.79 Å². The van der Waals surface area contributed by atoms with Crippen molar-refractivity contribution >= 4 is 17.7 Å². The van der Waals surface area contributed by atoms with Crippen LogP contribution in [0.2, 0.25) is 0 Å². The van der Waals surface area contributed by atoms with Crippen LogP contribution in [0.15, 0.2) is 29.2 Å². The van der Waals surface area contributed by atoms with Crippen molar-refractivity contribution in [1.29, 1.82) is 0 Å². The molecule has 0 bridgehead atoms. The van der Waals surface area contributed by atoms with Crippen LogP contribution in [0.3, 0.4) is 0 Å². The van der Waals surface area contributed by atoms with Gasteiger partial charge in [-0.1, -0.05) is 6.08 Å². The fraction of sp³-hybridized carbons (Fsp3) is 0.381. The maximum absolute atomic E-state index is 13.1. The molecule has 1 aliphatic rings. The molecule has 0 spiro atoms. The maximum Gasteiger partial charge on any atom is 0.325 e. The molecular formula is C21H25N3O4. The first-order valence-corrected chi connectivity index (χ1v) is 9.12. The van der Waals surface area contributed by atoms with E-state index in [1.807, 2.05) is 18.4 Å². The summed E-state index contributed by atoms with van der Waals surface area (Å²) in [6.45, 7) is 12.9. The van der Waals surface area contributed by atoms with Gasteiger partial charge >= 0.3 is 6.03 Å². The first kappa shape index (κ1) is 19.7. The van der Waals surface area contributed by atoms with E-state index < -0.39 is 17.5 Å². The lowest BCUT2D eigenvalue weighted by molar-refractivity contribution is -0.130. The van der Waals surface area contributed by atoms with Crippen molar-refractivity contribution in [2.24, 2.45) is 0 Å². The van der Waals surface area contributed by atoms with Crippen molar-refractivity contribution < 1.29 is 18.8 Å². The van der Waals surface area contributed by atoms with Gasteiger partial charge in [0.05, 0.1) is 6.54 Å². The Morgan fingerprint density at radius 1 is 1.25 bits per heavy atom. The van der Waals surface area contributed by atoms with Crippen LogP contribution < -0.4 is 5.32 Å². The second-order valence-corrected chi connectivity index (χ2v) is 7.38. The summed E-state index contributed by atoms with van der Waals surface area (Å²) in [5.41, 5.74) is 1.57. The zero-order valence-electron chi connectivity index (χ0n) is 16.9. The lowest BCUT2D eigenvalue weighted by Gasteiger charge is -2.21. The largest absolute Gasteiger partial charge is 0.466 e. The highest BCUT2D eigenvalue weighted by molar-refractivity contribution is 6.11. The highest BCUT2D eigenvalue weighted by Crippen LogP contribution is 2.33. The van der Waals surface area contributed by atoms with Gasteiger partial charge in [0.25, 0.3) is 5.91 Å². The second-order valence-electron chi connectivity index (χ2n) is 7.38. The lowest BCUT2D eigenvalue weighted by Crippen LogP contribution is -2.41. The van der Waals surface area contributed by atoms with Gasteiger partial charge in [0.2, 0.25) is 0 Å². The molecule has 0 aromatic carbocycles. The molecule has 148 valence electrons. The number of aryl methyl sites for hydroxylation is 3. The molecule has 1 aliphatic heterocycles. The van der Waals surface area contributed by atoms with Crippen LogP contribution in [-0.2, 0) is 16.9 Å². The number of nitrogens with zero attached hydrogens (tertiary/aromatic N) is 2. The molecule has 2 aromatic rings. The number of hydrogen-bond acceptors (Lipinski definition) is 4. The number of allylic oxidation sites excluding steroid dienone is 1. The van der Waals surface area contributed by atoms with E-state index in [1.165, 1.54) is 0 Å². The molecule has 0 saturated carbocycles. The third-order valence-electron chi connectivity index (χ3n) is 5.34. The number of hydrogen-bond donors (Lipinski definition) is 1. The van der Waals surface area contributed by atoms with Gasteiger partial charge in [-0.05, 0) is 46.8 Å². The van der Waals surface area contributed by atoms with Crippen molar-refractivity contribution in [3.8, 4) is 0 Å². The Labute approximate surface area is 164 Å². The van der Waals surface area contributed by atoms with Gasteiger partial charge in [-0.2, -0.15) is 0 Å². The van der Waals surface area contributed by atoms with Crippen molar-refractivity contribution in [1.82, 2.24) is 14.8 Å². The first-order valence-electron chi connectivity index (χ1n) is 9.12. The van der Waals surface area contributed by atoms with Crippen LogP contribution >= 0.6 is 0 Å². The number of imide groups is 1. The first-order chi connectivity index (χ1) is 13.1. The number of ketones is 1. The average Bonchev–Trinajstić information content (AvgIpc) is 3.18. The molecular weight excluding hydrogens is 358 g/mol. The molecule has 28 heavy (non-hydrogen) atoms. The molecule has 1 atom stereocenters. The topological polar surface area (TPSA) is 84.6 Å². The maximum atomic E-state index is 13.1. The molecule has 1 fully saturated rings. The summed E-state index contributed by atoms with van der Waals surface area (Å²) in [5.74, 6) is 0.473. The quantitative estimate of drug-likeness (QED) is 0.472. The predicted octanol–water partition coefficient (Wildman–Crippen LogP) is 3.15. The van der Waals surface area contributed by atoms with Gasteiger partial charge in [0.15, 0.2) is 5.78 Å². The fourth-order valence-corrected chi connectivity index (χ4v) is 3.87. The molecule has 3 rings (SSSR count). The van der Waals surface area contributed by atoms with E-state index in [0.717, 1.165) is 16.3 Å². The SMILES string of the molecule is C=CCn1c(C)cc(C(=O)CN2C(=O)N[C@@](C)(c3cc(C)oc3C)C2=O)c1C. The molecule has 1 N–H and O–H groups in total. The molecule has 0 radical (unpaired) electrons. The highest BCUT2D eigenvalue weighted by Gasteiger charge is 2.51. The Kier molecular flexibility index (Phi) is 4.79. The molecule has 0 unspecified atom stereocenters. The molecule has 3 amide bonds. The second kappa shape index (κ2) is 6.82. The summed E-state index contributed by atoms with van der Waals surface area (Å²) in [7, 11) is 0. The zero-order valence-corrected chi connectivity index (χ0v) is 16.9. The van der Waals surface area contributed by atoms with Gasteiger partial charge in [-0.25, -0.2) is 4.79 Å². The van der Waals surface area contributed by atoms with Crippen molar-refractivity contribution in [2.45, 2.75) is 46.7 Å². The highest BCUT2D eigenvalue weighted by atomic mass is 16.3. The minimum atomic E-state index is -1.25. The van der Waals surface area contributed by atoms with Gasteiger partial charge < -0.3 is 14.3 Å². The lowest BCUT2D eigenvalue weighted by atomic mass is 9.92. The minimum Gasteiger partial charge on any atom is -0.466 e. The van der Waals surface area contributed by atoms with Gasteiger partial charge in [-0.3, -0.25) is 14.5 Å². The van der Waals surface area contributed by atoms with Crippen LogP contribution in [0.1, 0.15) is 45.8 Å². The Balaban J connectivity index is 1.87. The van der Waals surface area contributed by atoms with E-state index in [4.69, 9.17) is 4.42 Å². The number of amides is 3. The summed E-state index contributed by atoms with van der Waals surface area (Å²) in [4.78, 5) is 39.4. The molecule has 7 heteroatoms. The van der Waals surface area contributed by atoms with Crippen LogP contribution in [0, 0.1) is 27.7 Å². The fourth-order valence-electron chi connectivity index (χ4n) is 3.87. The number of furan rings is 1. The van der Waals surface area contributed by atoms with Crippen LogP contribution in [-0.4, -0.2) is 33.7 Å². The van der Waals surface area contributed by atoms with Crippen molar-refractivity contribution in [3.63, 3.8) is 0 Å². The number of rotatable bonds is 6. The number of carbonyl (C=O) groups is 3. The Bertz CT molecular complexity index is 998. The third kappa shape index (κ3) is 2.96. The van der Waals surface area contributed by atoms with Gasteiger partial charge in [-0.15, -0.1) is 6.58 Å². The van der Waals surface area contributed by atoms with Crippen LogP contribution in [0.25, 0.3) is 0 Å². The Hall–Kier alpha value is -3.09. The molecule has 1 saturated heterocycles. The van der Waals surface area contributed by atoms with E-state index in [9.17, 15) is 14.4 Å². The smallest absolute Gasteiger partial charge is 0.325 e. The third-order valence-corrected chi connectivity index (χ3v) is 5.34. The zero-order chi connectivity index (χ0) is 20.8. The minimum absolute atomic E-state index is 0.281. The number of urea groups is 1. The summed E-state index contributed by atoms with van der Waals surface area (Å²) in [6.07, 6.45) is 1.76. The Morgan fingerprint density at radius 3 is 2.50 bits per heavy atom. The molecule has 2 aromatic heterocycles. The number of aromatic nitrogens is 1. The van der Waals surface area contributed by atoms with E-state index in [1.54, 1.807) is 39.0 Å². The summed E-state index contributed by atoms with van der Waals surface area (Å²) in [6, 6.07) is 2.93. The van der Waals surface area contributed by atoms with Crippen molar-refractivity contribution in [3.05, 3.63) is 58.8 Å². The molecule has 3 heterocycles. The average molecular weight is 383 g/mol. The Morgan fingerprint density at radius 2 is 1.93 bits per heavy atom. The van der Waals surface area contributed by atoms with E-state index in [-0.39, 0.29) is 12.3 Å². The van der Waals surface area contributed by atoms with E-state index >= 15 is 0 Å². The van der Waals surface area contributed by atoms with Gasteiger partial charge in [0, 0.05) is 29.1 Å². The summed E-state index contributed by atoms with van der Waals surface area (Å²) >= 11 is 0. The normalized spacial score (nSPS) is 19.2. The van der Waals surface area contributed by atoms with Crippen molar-refractivity contribution in [2.75, 3.05) is 6.54 Å². The number of carbonyl (C=O) groups excluding carboxylic acids is 3. The number of Topliss-reactive ketones (excluding diaryl/α,β-unsaturated/α-hetero) is 1. The summed E-state index contributed by atoms with van der Waals surface area (Å²) < 4.78 is 7.48. The molecule has 0 aliphatic carbocycles. The van der Waals surface area contributed by atoms with E-state index in [2.05, 4.69) is 11.9 Å². The van der Waals surface area contributed by atoms with Crippen LogP contribution in [0.5, 0.6) is 0 Å². The summed E-state index contributed by atoms with van der Waals surface area (Å²) in [5, 5.41) is 2.72. The predicted molar refractivity (Wildman–Crippen MR) is 104 cm³/mol. The number of nitrogens with one attached hydrogen (secondary N) is 1. The molecule has 7 nitrogen and oxygen atoms in total. The monoisotopic (exact) mass is 383 g/mol. The van der Waals surface area contributed by atoms with Gasteiger partial charge in [0.1, 0.15) is 17.1 Å². The van der Waals surface area contributed by atoms with E-state index in [0.29, 0.717) is 29.2 Å².